The van der Waals surface area contributed by atoms with Crippen molar-refractivity contribution >= 4 is 51.5 Å². The monoisotopic (exact) mass is 326 g/mol. The van der Waals surface area contributed by atoms with Gasteiger partial charge in [-0.15, -0.1) is 11.3 Å². The van der Waals surface area contributed by atoms with Crippen LogP contribution in [0, 0.1) is 12.7 Å². The summed E-state index contributed by atoms with van der Waals surface area (Å²) < 4.78 is 11.5. The molecule has 20 heavy (non-hydrogen) atoms. The average molecular weight is 327 g/mol. The zero-order valence-corrected chi connectivity index (χ0v) is 12.7. The van der Waals surface area contributed by atoms with Crippen molar-refractivity contribution in [2.24, 2.45) is 0 Å². The van der Waals surface area contributed by atoms with Crippen LogP contribution in [-0.4, -0.2) is 10.1 Å². The van der Waals surface area contributed by atoms with E-state index in [2.05, 4.69) is 0 Å². The smallest absolute Gasteiger partial charge is 0.207 e. The van der Waals surface area contributed by atoms with Crippen LogP contribution in [0.2, 0.25) is 0 Å². The quantitative estimate of drug-likeness (QED) is 0.720. The first-order chi connectivity index (χ1) is 9.41. The Morgan fingerprint density at radius 3 is 2.40 bits per heavy atom. The van der Waals surface area contributed by atoms with Gasteiger partial charge >= 0.3 is 0 Å². The minimum atomic E-state index is -1.51. The summed E-state index contributed by atoms with van der Waals surface area (Å²) in [6, 6.07) is 7.69. The van der Waals surface area contributed by atoms with Gasteiger partial charge in [0.2, 0.25) is 10.1 Å². The highest BCUT2D eigenvalue weighted by Crippen LogP contribution is 2.54. The Morgan fingerprint density at radius 1 is 1.20 bits per heavy atom. The van der Waals surface area contributed by atoms with Gasteiger partial charge in [-0.25, -0.2) is 4.39 Å². The SMILES string of the molecule is Cc1csc(C2=C(c3ccc(F)cc3)C(=O)C2(Cl)Cl)c1. The molecule has 3 rings (SSSR count). The Bertz CT molecular complexity index is 729. The highest BCUT2D eigenvalue weighted by atomic mass is 35.5. The first-order valence-corrected chi connectivity index (χ1v) is 7.53. The van der Waals surface area contributed by atoms with Crippen LogP contribution in [0.5, 0.6) is 0 Å². The summed E-state index contributed by atoms with van der Waals surface area (Å²) in [4.78, 5) is 13.0. The number of allylic oxidation sites excluding steroid dienone is 2. The summed E-state index contributed by atoms with van der Waals surface area (Å²) in [6.07, 6.45) is 0. The first-order valence-electron chi connectivity index (χ1n) is 5.90. The number of halogens is 3. The van der Waals surface area contributed by atoms with Crippen LogP contribution in [0.25, 0.3) is 11.1 Å². The second-order valence-corrected chi connectivity index (χ2v) is 6.89. The molecular formula is C15H9Cl2FOS. The fourth-order valence-corrected chi connectivity index (χ4v) is 3.91. The second kappa shape index (κ2) is 4.69. The summed E-state index contributed by atoms with van der Waals surface area (Å²) in [7, 11) is 0. The molecule has 0 unspecified atom stereocenters. The molecule has 0 aliphatic heterocycles. The van der Waals surface area contributed by atoms with E-state index in [1.165, 1.54) is 23.5 Å². The molecule has 0 saturated heterocycles. The highest BCUT2D eigenvalue weighted by molar-refractivity contribution is 7.12. The largest absolute Gasteiger partial charge is 0.290 e. The van der Waals surface area contributed by atoms with Crippen molar-refractivity contribution in [1.29, 1.82) is 0 Å². The van der Waals surface area contributed by atoms with Crippen molar-refractivity contribution in [1.82, 2.24) is 0 Å². The Kier molecular flexibility index (Phi) is 3.24. The Balaban J connectivity index is 2.19. The molecule has 0 atom stereocenters. The van der Waals surface area contributed by atoms with Crippen LogP contribution < -0.4 is 0 Å². The lowest BCUT2D eigenvalue weighted by molar-refractivity contribution is -0.114. The molecular weight excluding hydrogens is 318 g/mol. The van der Waals surface area contributed by atoms with Crippen molar-refractivity contribution in [3.05, 3.63) is 57.5 Å². The molecule has 0 fully saturated rings. The van der Waals surface area contributed by atoms with Gasteiger partial charge in [-0.3, -0.25) is 4.79 Å². The summed E-state index contributed by atoms with van der Waals surface area (Å²) in [5.41, 5.74) is 2.79. The number of Topliss-reactive ketones (excluding diaryl/α,β-unsaturated/α-hetero) is 1. The van der Waals surface area contributed by atoms with E-state index in [0.717, 1.165) is 10.4 Å². The van der Waals surface area contributed by atoms with E-state index in [1.807, 2.05) is 18.4 Å². The highest BCUT2D eigenvalue weighted by Gasteiger charge is 2.52. The molecule has 1 heterocycles. The first kappa shape index (κ1) is 13.8. The molecule has 1 nitrogen and oxygen atoms in total. The van der Waals surface area contributed by atoms with Crippen LogP contribution >= 0.6 is 34.5 Å². The van der Waals surface area contributed by atoms with E-state index in [-0.39, 0.29) is 11.6 Å². The third kappa shape index (κ3) is 2.01. The molecule has 0 saturated carbocycles. The average Bonchev–Trinajstić information content (AvgIpc) is 2.82. The van der Waals surface area contributed by atoms with E-state index < -0.39 is 4.33 Å². The molecule has 1 aromatic heterocycles. The zero-order chi connectivity index (χ0) is 14.5. The van der Waals surface area contributed by atoms with Gasteiger partial charge < -0.3 is 0 Å². The van der Waals surface area contributed by atoms with Crippen molar-refractivity contribution in [2.45, 2.75) is 11.3 Å². The molecule has 1 aromatic carbocycles. The predicted octanol–water partition coefficient (Wildman–Crippen LogP) is 4.86. The molecule has 2 aromatic rings. The lowest BCUT2D eigenvalue weighted by Gasteiger charge is -2.34. The molecule has 0 radical (unpaired) electrons. The molecule has 1 aliphatic rings. The third-order valence-corrected chi connectivity index (χ3v) is 4.97. The summed E-state index contributed by atoms with van der Waals surface area (Å²) >= 11 is 13.7. The van der Waals surface area contributed by atoms with Gasteiger partial charge in [-0.2, -0.15) is 0 Å². The maximum Gasteiger partial charge on any atom is 0.207 e. The van der Waals surface area contributed by atoms with Crippen LogP contribution in [0.1, 0.15) is 16.0 Å². The summed E-state index contributed by atoms with van der Waals surface area (Å²) in [5.74, 6) is -0.689. The second-order valence-electron chi connectivity index (χ2n) is 4.65. The van der Waals surface area contributed by atoms with E-state index in [0.29, 0.717) is 16.7 Å². The van der Waals surface area contributed by atoms with Crippen molar-refractivity contribution < 1.29 is 9.18 Å². The standard InChI is InChI=1S/C15H9Cl2FOS/c1-8-6-11(20-7-8)13-12(14(19)15(13,16)17)9-2-4-10(18)5-3-9/h2-7H,1H3. The number of benzene rings is 1. The van der Waals surface area contributed by atoms with Gasteiger partial charge in [0.1, 0.15) is 5.82 Å². The topological polar surface area (TPSA) is 17.1 Å². The fourth-order valence-electron chi connectivity index (χ4n) is 2.21. The lowest BCUT2D eigenvalue weighted by atomic mass is 9.80. The number of carbonyl (C=O) groups excluding carboxylic acids is 1. The maximum absolute atomic E-state index is 13.0. The number of thiophene rings is 1. The van der Waals surface area contributed by atoms with Gasteiger partial charge in [0.15, 0.2) is 0 Å². The molecule has 5 heteroatoms. The molecule has 0 N–H and O–H groups in total. The Morgan fingerprint density at radius 2 is 1.85 bits per heavy atom. The van der Waals surface area contributed by atoms with Gasteiger partial charge in [0.25, 0.3) is 0 Å². The molecule has 0 amide bonds. The van der Waals surface area contributed by atoms with Crippen molar-refractivity contribution in [3.8, 4) is 0 Å². The number of hydrogen-bond donors (Lipinski definition) is 0. The number of ketones is 1. The minimum Gasteiger partial charge on any atom is -0.290 e. The van der Waals surface area contributed by atoms with Gasteiger partial charge in [-0.05, 0) is 41.6 Å². The number of aryl methyl sites for hydroxylation is 1. The minimum absolute atomic E-state index is 0.339. The fraction of sp³-hybridized carbons (Fsp3) is 0.133. The third-order valence-electron chi connectivity index (χ3n) is 3.19. The predicted molar refractivity (Wildman–Crippen MR) is 81.7 cm³/mol. The Hall–Kier alpha value is -1.16. The van der Waals surface area contributed by atoms with E-state index in [1.54, 1.807) is 12.1 Å². The normalized spacial score (nSPS) is 17.3. The van der Waals surface area contributed by atoms with Crippen LogP contribution in [-0.2, 0) is 4.79 Å². The number of alkyl halides is 2. The van der Waals surface area contributed by atoms with Crippen LogP contribution in [0.3, 0.4) is 0 Å². The van der Waals surface area contributed by atoms with E-state index in [4.69, 9.17) is 23.2 Å². The zero-order valence-electron chi connectivity index (χ0n) is 10.4. The summed E-state index contributed by atoms with van der Waals surface area (Å²) in [6.45, 7) is 1.96. The number of rotatable bonds is 2. The summed E-state index contributed by atoms with van der Waals surface area (Å²) in [5, 5.41) is 1.97. The molecule has 0 bridgehead atoms. The molecule has 1 aliphatic carbocycles. The maximum atomic E-state index is 13.0. The van der Waals surface area contributed by atoms with Gasteiger partial charge in [-0.1, -0.05) is 35.3 Å². The van der Waals surface area contributed by atoms with Gasteiger partial charge in [0, 0.05) is 16.0 Å². The van der Waals surface area contributed by atoms with Gasteiger partial charge in [0.05, 0.1) is 0 Å². The molecule has 102 valence electrons. The number of hydrogen-bond acceptors (Lipinski definition) is 2. The molecule has 0 spiro atoms. The van der Waals surface area contributed by atoms with E-state index in [9.17, 15) is 9.18 Å². The van der Waals surface area contributed by atoms with Crippen molar-refractivity contribution in [2.75, 3.05) is 0 Å². The Labute approximate surface area is 129 Å². The number of carbonyl (C=O) groups is 1. The van der Waals surface area contributed by atoms with Crippen LogP contribution in [0.4, 0.5) is 4.39 Å². The lowest BCUT2D eigenvalue weighted by Crippen LogP contribution is -2.39. The van der Waals surface area contributed by atoms with E-state index >= 15 is 0 Å². The van der Waals surface area contributed by atoms with Crippen LogP contribution in [0.15, 0.2) is 35.7 Å². The van der Waals surface area contributed by atoms with Crippen molar-refractivity contribution in [3.63, 3.8) is 0 Å².